The SMILES string of the molecule is C=CC(=O)N1CCN(c2nc(OCC3CCCN3C)nc3c2CC[C@@H](CC(F)c2ccccc2S)C3=O)CC1CC#N. The highest BCUT2D eigenvalue weighted by Gasteiger charge is 2.37. The van der Waals surface area contributed by atoms with E-state index in [0.717, 1.165) is 19.4 Å². The number of likely N-dealkylation sites (N-methyl/N-ethyl adjacent to an activating group) is 1. The van der Waals surface area contributed by atoms with Gasteiger partial charge in [0.25, 0.3) is 0 Å². The van der Waals surface area contributed by atoms with Gasteiger partial charge in [-0.1, -0.05) is 24.8 Å². The molecule has 0 spiro atoms. The summed E-state index contributed by atoms with van der Waals surface area (Å²) in [5.74, 6) is -0.375. The quantitative estimate of drug-likeness (QED) is 0.342. The maximum Gasteiger partial charge on any atom is 0.319 e. The van der Waals surface area contributed by atoms with Gasteiger partial charge in [0.05, 0.1) is 18.5 Å². The lowest BCUT2D eigenvalue weighted by Gasteiger charge is -2.41. The summed E-state index contributed by atoms with van der Waals surface area (Å²) >= 11 is 4.40. The lowest BCUT2D eigenvalue weighted by atomic mass is 9.81. The first-order valence-electron chi connectivity index (χ1n) is 14.6. The van der Waals surface area contributed by atoms with Crippen molar-refractivity contribution < 1.29 is 18.7 Å². The highest BCUT2D eigenvalue weighted by Crippen LogP contribution is 2.38. The number of hydrogen-bond donors (Lipinski definition) is 1. The summed E-state index contributed by atoms with van der Waals surface area (Å²) in [7, 11) is 2.06. The smallest absolute Gasteiger partial charge is 0.319 e. The van der Waals surface area contributed by atoms with E-state index in [1.54, 1.807) is 29.2 Å². The van der Waals surface area contributed by atoms with Crippen LogP contribution >= 0.6 is 12.6 Å². The molecule has 0 N–H and O–H groups in total. The Kier molecular flexibility index (Phi) is 9.43. The van der Waals surface area contributed by atoms with E-state index in [1.165, 1.54) is 6.08 Å². The van der Waals surface area contributed by atoms with Crippen molar-refractivity contribution in [2.24, 2.45) is 5.92 Å². The van der Waals surface area contributed by atoms with Crippen LogP contribution in [0.15, 0.2) is 41.8 Å². The number of carbonyl (C=O) groups is 2. The van der Waals surface area contributed by atoms with Gasteiger partial charge in [0.1, 0.15) is 24.3 Å². The van der Waals surface area contributed by atoms with Gasteiger partial charge < -0.3 is 19.4 Å². The molecule has 9 nitrogen and oxygen atoms in total. The number of thiol groups is 1. The van der Waals surface area contributed by atoms with E-state index in [9.17, 15) is 14.9 Å². The zero-order valence-corrected chi connectivity index (χ0v) is 24.8. The van der Waals surface area contributed by atoms with Gasteiger partial charge in [-0.05, 0) is 63.4 Å². The molecule has 222 valence electrons. The van der Waals surface area contributed by atoms with Crippen molar-refractivity contribution in [1.82, 2.24) is 19.8 Å². The van der Waals surface area contributed by atoms with E-state index in [-0.39, 0.29) is 48.3 Å². The van der Waals surface area contributed by atoms with Crippen LogP contribution in [0.3, 0.4) is 0 Å². The van der Waals surface area contributed by atoms with Crippen LogP contribution in [0, 0.1) is 17.2 Å². The van der Waals surface area contributed by atoms with Crippen LogP contribution in [0.25, 0.3) is 0 Å². The lowest BCUT2D eigenvalue weighted by molar-refractivity contribution is -0.128. The standard InChI is InChI=1S/C31H37FN6O3S/c1-3-27(39)38-16-15-37(18-21(38)12-13-33)30-24-11-10-20(17-25(32)23-8-4-5-9-26(23)42)29(40)28(24)34-31(35-30)41-19-22-7-6-14-36(22)2/h3-5,8-9,20-22,25,42H,1,6-7,10-12,14-19H2,2H3/t20-,21?,22?,25?/m0/s1. The number of alkyl halides is 1. The van der Waals surface area contributed by atoms with E-state index in [4.69, 9.17) is 9.72 Å². The maximum atomic E-state index is 15.4. The van der Waals surface area contributed by atoms with Crippen LogP contribution in [0.2, 0.25) is 0 Å². The van der Waals surface area contributed by atoms with Crippen molar-refractivity contribution in [3.8, 4) is 12.1 Å². The lowest BCUT2D eigenvalue weighted by Crippen LogP contribution is -2.55. The third-order valence-electron chi connectivity index (χ3n) is 8.72. The number of aromatic nitrogens is 2. The molecule has 3 heterocycles. The number of rotatable bonds is 9. The van der Waals surface area contributed by atoms with Crippen molar-refractivity contribution in [3.63, 3.8) is 0 Å². The number of nitrogens with zero attached hydrogens (tertiary/aromatic N) is 6. The summed E-state index contributed by atoms with van der Waals surface area (Å²) in [5.41, 5.74) is 1.47. The fourth-order valence-corrected chi connectivity index (χ4v) is 6.61. The zero-order valence-electron chi connectivity index (χ0n) is 23.9. The Morgan fingerprint density at radius 2 is 2.07 bits per heavy atom. The summed E-state index contributed by atoms with van der Waals surface area (Å²) in [6, 6.07) is 9.21. The predicted octanol–water partition coefficient (Wildman–Crippen LogP) is 4.20. The summed E-state index contributed by atoms with van der Waals surface area (Å²) in [4.78, 5) is 42.2. The van der Waals surface area contributed by atoms with E-state index >= 15 is 4.39 Å². The topological polar surface area (TPSA) is 103 Å². The van der Waals surface area contributed by atoms with Gasteiger partial charge in [-0.3, -0.25) is 9.59 Å². The number of carbonyl (C=O) groups excluding carboxylic acids is 2. The number of fused-ring (bicyclic) bond motifs is 1. The summed E-state index contributed by atoms with van der Waals surface area (Å²) < 4.78 is 21.5. The molecule has 2 aromatic rings. The molecule has 2 saturated heterocycles. The third-order valence-corrected chi connectivity index (χ3v) is 9.13. The molecule has 0 saturated carbocycles. The Bertz CT molecular complexity index is 1380. The van der Waals surface area contributed by atoms with Gasteiger partial charge in [0, 0.05) is 42.1 Å². The first-order valence-corrected chi connectivity index (χ1v) is 15.0. The fourth-order valence-electron chi connectivity index (χ4n) is 6.31. The molecule has 3 aliphatic rings. The molecule has 1 aliphatic carbocycles. The van der Waals surface area contributed by atoms with Crippen molar-refractivity contribution in [1.29, 1.82) is 5.26 Å². The number of amides is 1. The molecule has 11 heteroatoms. The van der Waals surface area contributed by atoms with Crippen LogP contribution in [-0.4, -0.2) is 83.4 Å². The highest BCUT2D eigenvalue weighted by molar-refractivity contribution is 7.80. The van der Waals surface area contributed by atoms with E-state index in [1.807, 2.05) is 4.90 Å². The Morgan fingerprint density at radius 1 is 1.26 bits per heavy atom. The predicted molar refractivity (Wildman–Crippen MR) is 160 cm³/mol. The van der Waals surface area contributed by atoms with Gasteiger partial charge in [0.2, 0.25) is 5.91 Å². The Balaban J connectivity index is 1.44. The number of Topliss-reactive ketones (excluding diaryl/α,β-unsaturated/α-hetero) is 1. The van der Waals surface area contributed by atoms with Gasteiger partial charge in [-0.15, -0.1) is 12.6 Å². The second kappa shape index (κ2) is 13.2. The summed E-state index contributed by atoms with van der Waals surface area (Å²) in [6.45, 7) is 6.24. The average Bonchev–Trinajstić information content (AvgIpc) is 3.41. The van der Waals surface area contributed by atoms with Crippen LogP contribution in [-0.2, 0) is 11.2 Å². The minimum Gasteiger partial charge on any atom is -0.462 e. The second-order valence-electron chi connectivity index (χ2n) is 11.3. The number of ketones is 1. The van der Waals surface area contributed by atoms with Gasteiger partial charge >= 0.3 is 6.01 Å². The number of benzene rings is 1. The number of nitriles is 1. The summed E-state index contributed by atoms with van der Waals surface area (Å²) in [5, 5.41) is 9.45. The molecule has 0 radical (unpaired) electrons. The molecular weight excluding hydrogens is 555 g/mol. The Morgan fingerprint density at radius 3 is 2.79 bits per heavy atom. The Hall–Kier alpha value is -3.49. The maximum absolute atomic E-state index is 15.4. The molecule has 1 aromatic heterocycles. The van der Waals surface area contributed by atoms with Gasteiger partial charge in [0.15, 0.2) is 5.78 Å². The highest BCUT2D eigenvalue weighted by atomic mass is 32.1. The number of anilines is 1. The van der Waals surface area contributed by atoms with Crippen molar-refractivity contribution in [2.75, 3.05) is 44.7 Å². The van der Waals surface area contributed by atoms with Crippen LogP contribution < -0.4 is 9.64 Å². The number of likely N-dealkylation sites (tertiary alicyclic amines) is 1. The van der Waals surface area contributed by atoms with Gasteiger partial charge in [-0.2, -0.15) is 15.2 Å². The molecule has 4 atom stereocenters. The van der Waals surface area contributed by atoms with Crippen LogP contribution in [0.1, 0.15) is 59.9 Å². The molecular formula is C31H37FN6O3S. The van der Waals surface area contributed by atoms with Crippen molar-refractivity contribution >= 4 is 30.1 Å². The number of halogens is 1. The molecule has 5 rings (SSSR count). The minimum atomic E-state index is -1.33. The Labute approximate surface area is 251 Å². The van der Waals surface area contributed by atoms with Crippen LogP contribution in [0.5, 0.6) is 6.01 Å². The van der Waals surface area contributed by atoms with Crippen molar-refractivity contribution in [2.45, 2.75) is 61.7 Å². The molecule has 2 aliphatic heterocycles. The molecule has 2 fully saturated rings. The summed E-state index contributed by atoms with van der Waals surface area (Å²) in [6.07, 6.45) is 3.23. The van der Waals surface area contributed by atoms with E-state index in [2.05, 4.69) is 42.2 Å². The van der Waals surface area contributed by atoms with E-state index in [0.29, 0.717) is 60.9 Å². The molecule has 1 amide bonds. The average molecular weight is 593 g/mol. The number of piperazine rings is 1. The first-order chi connectivity index (χ1) is 20.3. The second-order valence-corrected chi connectivity index (χ2v) is 11.8. The van der Waals surface area contributed by atoms with E-state index < -0.39 is 12.1 Å². The fraction of sp³-hybridized carbons (Fsp3) is 0.516. The van der Waals surface area contributed by atoms with Crippen molar-refractivity contribution in [3.05, 3.63) is 53.7 Å². The monoisotopic (exact) mass is 592 g/mol. The third kappa shape index (κ3) is 6.30. The zero-order chi connectivity index (χ0) is 29.8. The largest absolute Gasteiger partial charge is 0.462 e. The molecule has 3 unspecified atom stereocenters. The first kappa shape index (κ1) is 30.0. The minimum absolute atomic E-state index is 0.0465. The normalized spacial score (nSPS) is 23.3. The molecule has 42 heavy (non-hydrogen) atoms. The molecule has 0 bridgehead atoms. The molecule has 1 aromatic carbocycles. The number of ether oxygens (including phenoxy) is 1. The van der Waals surface area contributed by atoms with Gasteiger partial charge in [-0.25, -0.2) is 4.39 Å². The number of hydrogen-bond acceptors (Lipinski definition) is 9. The van der Waals surface area contributed by atoms with Crippen LogP contribution in [0.4, 0.5) is 10.2 Å².